The van der Waals surface area contributed by atoms with Crippen LogP contribution in [0.15, 0.2) is 54.6 Å². The van der Waals surface area contributed by atoms with Crippen molar-refractivity contribution in [3.8, 4) is 5.88 Å². The van der Waals surface area contributed by atoms with E-state index < -0.39 is 0 Å². The van der Waals surface area contributed by atoms with Crippen LogP contribution in [0.4, 0.5) is 10.1 Å². The number of carbonyl (C=O) groups excluding carboxylic acids is 1. The van der Waals surface area contributed by atoms with Crippen LogP contribution in [0.1, 0.15) is 61.5 Å². The van der Waals surface area contributed by atoms with Crippen molar-refractivity contribution in [1.82, 2.24) is 19.4 Å². The molecule has 1 amide bonds. The first kappa shape index (κ1) is 27.7. The van der Waals surface area contributed by atoms with Crippen molar-refractivity contribution < 1.29 is 13.9 Å². The molecule has 1 aliphatic carbocycles. The molecule has 6 rings (SSSR count). The Balaban J connectivity index is 1.04. The van der Waals surface area contributed by atoms with Crippen molar-refractivity contribution >= 4 is 34.2 Å². The molecule has 0 atom stereocenters. The third-order valence-corrected chi connectivity index (χ3v) is 8.71. The Hall–Kier alpha value is -3.49. The van der Waals surface area contributed by atoms with E-state index in [2.05, 4.69) is 21.8 Å². The lowest BCUT2D eigenvalue weighted by molar-refractivity contribution is -0.119. The van der Waals surface area contributed by atoms with Crippen molar-refractivity contribution in [2.45, 2.75) is 57.6 Å². The highest BCUT2D eigenvalue weighted by molar-refractivity contribution is 6.30. The summed E-state index contributed by atoms with van der Waals surface area (Å²) in [6.07, 6.45) is 6.23. The predicted molar refractivity (Wildman–Crippen MR) is 159 cm³/mol. The van der Waals surface area contributed by atoms with Gasteiger partial charge in [0, 0.05) is 46.9 Å². The van der Waals surface area contributed by atoms with Gasteiger partial charge in [-0.05, 0) is 75.2 Å². The molecular weight excluding hydrogens is 541 g/mol. The Bertz CT molecular complexity index is 1540. The number of pyridine rings is 1. The van der Waals surface area contributed by atoms with Gasteiger partial charge < -0.3 is 14.6 Å². The number of hydrogen-bond donors (Lipinski definition) is 1. The molecule has 1 aliphatic heterocycles. The van der Waals surface area contributed by atoms with Crippen LogP contribution >= 0.6 is 11.6 Å². The van der Waals surface area contributed by atoms with Gasteiger partial charge in [-0.1, -0.05) is 36.6 Å². The number of nitrogens with one attached hydrogen (secondary N) is 1. The standard InChI is InChI=1S/C32H35ClFN5O2/c1-38-29-12-11-25(35-32(40)22-5-2-3-6-22)18-28(29)36-30(38)19-39-15-13-21(14-16-39)27-7-4-8-31(37-27)41-20-23-9-10-24(33)17-26(23)34/h4,7-12,17-18,21-22H,2-3,5-6,13-16,19-20H2,1H3,(H,35,40). The summed E-state index contributed by atoms with van der Waals surface area (Å²) in [4.78, 5) is 24.7. The molecule has 1 N–H and O–H groups in total. The van der Waals surface area contributed by atoms with Gasteiger partial charge in [-0.15, -0.1) is 0 Å². The van der Waals surface area contributed by atoms with E-state index in [1.807, 2.05) is 36.4 Å². The molecule has 0 unspecified atom stereocenters. The van der Waals surface area contributed by atoms with E-state index in [9.17, 15) is 9.18 Å². The lowest BCUT2D eigenvalue weighted by Crippen LogP contribution is -2.33. The van der Waals surface area contributed by atoms with Crippen molar-refractivity contribution in [2.75, 3.05) is 18.4 Å². The first-order valence-corrected chi connectivity index (χ1v) is 14.8. The van der Waals surface area contributed by atoms with Gasteiger partial charge >= 0.3 is 0 Å². The van der Waals surface area contributed by atoms with Crippen molar-refractivity contribution in [3.05, 3.63) is 82.5 Å². The average molecular weight is 576 g/mol. The number of halogens is 2. The fraction of sp³-hybridized carbons (Fsp3) is 0.406. The summed E-state index contributed by atoms with van der Waals surface area (Å²) in [6, 6.07) is 16.4. The molecule has 7 nitrogen and oxygen atoms in total. The summed E-state index contributed by atoms with van der Waals surface area (Å²) >= 11 is 5.85. The van der Waals surface area contributed by atoms with Gasteiger partial charge in [-0.2, -0.15) is 0 Å². The van der Waals surface area contributed by atoms with Crippen LogP contribution in [0.3, 0.4) is 0 Å². The fourth-order valence-electron chi connectivity index (χ4n) is 6.02. The maximum atomic E-state index is 14.1. The highest BCUT2D eigenvalue weighted by Gasteiger charge is 2.25. The van der Waals surface area contributed by atoms with Crippen LogP contribution in [0, 0.1) is 11.7 Å². The number of aryl methyl sites for hydroxylation is 1. The number of fused-ring (bicyclic) bond motifs is 1. The number of piperidine rings is 1. The molecule has 2 fully saturated rings. The maximum Gasteiger partial charge on any atom is 0.227 e. The zero-order chi connectivity index (χ0) is 28.3. The molecule has 0 bridgehead atoms. The quantitative estimate of drug-likeness (QED) is 0.249. The van der Waals surface area contributed by atoms with E-state index in [4.69, 9.17) is 26.3 Å². The number of rotatable bonds is 8. The molecule has 41 heavy (non-hydrogen) atoms. The molecule has 3 heterocycles. The Morgan fingerprint density at radius 3 is 2.63 bits per heavy atom. The number of benzene rings is 2. The average Bonchev–Trinajstić information content (AvgIpc) is 3.62. The number of aromatic nitrogens is 3. The first-order chi connectivity index (χ1) is 19.9. The Labute approximate surface area is 244 Å². The second-order valence-electron chi connectivity index (χ2n) is 11.2. The number of imidazole rings is 1. The van der Waals surface area contributed by atoms with Gasteiger partial charge in [0.15, 0.2) is 0 Å². The number of anilines is 1. The van der Waals surface area contributed by atoms with E-state index in [1.54, 1.807) is 12.1 Å². The van der Waals surface area contributed by atoms with E-state index in [-0.39, 0.29) is 24.2 Å². The summed E-state index contributed by atoms with van der Waals surface area (Å²) in [5.41, 5.74) is 4.24. The van der Waals surface area contributed by atoms with Crippen LogP contribution in [-0.2, 0) is 25.0 Å². The predicted octanol–water partition coefficient (Wildman–Crippen LogP) is 6.85. The number of ether oxygens (including phenoxy) is 1. The summed E-state index contributed by atoms with van der Waals surface area (Å²) < 4.78 is 22.1. The second-order valence-corrected chi connectivity index (χ2v) is 11.7. The lowest BCUT2D eigenvalue weighted by Gasteiger charge is -2.31. The van der Waals surface area contributed by atoms with Gasteiger partial charge in [0.25, 0.3) is 0 Å². The highest BCUT2D eigenvalue weighted by atomic mass is 35.5. The van der Waals surface area contributed by atoms with E-state index in [0.717, 1.165) is 86.4 Å². The Morgan fingerprint density at radius 1 is 1.05 bits per heavy atom. The van der Waals surface area contributed by atoms with Crippen LogP contribution in [0.2, 0.25) is 5.02 Å². The number of amides is 1. The molecule has 0 spiro atoms. The van der Waals surface area contributed by atoms with Crippen LogP contribution in [0.5, 0.6) is 5.88 Å². The van der Waals surface area contributed by atoms with Crippen molar-refractivity contribution in [1.29, 1.82) is 0 Å². The molecule has 214 valence electrons. The molecule has 9 heteroatoms. The number of likely N-dealkylation sites (tertiary alicyclic amines) is 1. The number of nitrogens with zero attached hydrogens (tertiary/aromatic N) is 4. The summed E-state index contributed by atoms with van der Waals surface area (Å²) in [6.45, 7) is 2.76. The minimum absolute atomic E-state index is 0.101. The minimum atomic E-state index is -0.381. The van der Waals surface area contributed by atoms with Crippen molar-refractivity contribution in [3.63, 3.8) is 0 Å². The SMILES string of the molecule is Cn1c(CN2CCC(c3cccc(OCc4ccc(Cl)cc4F)n3)CC2)nc2cc(NC(=O)C3CCCC3)ccc21. The fourth-order valence-corrected chi connectivity index (χ4v) is 6.18. The van der Waals surface area contributed by atoms with Crippen LogP contribution in [-0.4, -0.2) is 38.4 Å². The zero-order valence-electron chi connectivity index (χ0n) is 23.3. The highest BCUT2D eigenvalue weighted by Crippen LogP contribution is 2.30. The minimum Gasteiger partial charge on any atom is -0.473 e. The molecule has 0 radical (unpaired) electrons. The van der Waals surface area contributed by atoms with Gasteiger partial charge in [-0.25, -0.2) is 14.4 Å². The summed E-state index contributed by atoms with van der Waals surface area (Å²) in [5, 5.41) is 3.46. The first-order valence-electron chi connectivity index (χ1n) is 14.4. The maximum absolute atomic E-state index is 14.1. The van der Waals surface area contributed by atoms with Gasteiger partial charge in [0.05, 0.1) is 17.6 Å². The van der Waals surface area contributed by atoms with Gasteiger partial charge in [0.1, 0.15) is 18.2 Å². The van der Waals surface area contributed by atoms with Crippen LogP contribution < -0.4 is 10.1 Å². The lowest BCUT2D eigenvalue weighted by atomic mass is 9.93. The molecular formula is C32H35ClFN5O2. The van der Waals surface area contributed by atoms with Crippen LogP contribution in [0.25, 0.3) is 11.0 Å². The molecule has 1 saturated heterocycles. The smallest absolute Gasteiger partial charge is 0.227 e. The van der Waals surface area contributed by atoms with Gasteiger partial charge in [0.2, 0.25) is 11.8 Å². The van der Waals surface area contributed by atoms with E-state index >= 15 is 0 Å². The molecule has 4 aromatic rings. The topological polar surface area (TPSA) is 72.3 Å². The Kier molecular flexibility index (Phi) is 8.21. The Morgan fingerprint density at radius 2 is 1.85 bits per heavy atom. The molecule has 1 saturated carbocycles. The van der Waals surface area contributed by atoms with E-state index in [0.29, 0.717) is 22.4 Å². The normalized spacial score (nSPS) is 16.9. The second kappa shape index (κ2) is 12.2. The monoisotopic (exact) mass is 575 g/mol. The number of hydrogen-bond acceptors (Lipinski definition) is 5. The van der Waals surface area contributed by atoms with Crippen molar-refractivity contribution in [2.24, 2.45) is 13.0 Å². The summed E-state index contributed by atoms with van der Waals surface area (Å²) in [5.74, 6) is 1.74. The van der Waals surface area contributed by atoms with Gasteiger partial charge in [-0.3, -0.25) is 9.69 Å². The zero-order valence-corrected chi connectivity index (χ0v) is 24.0. The molecule has 2 aliphatic rings. The van der Waals surface area contributed by atoms with E-state index in [1.165, 1.54) is 6.07 Å². The number of carbonyl (C=O) groups is 1. The third-order valence-electron chi connectivity index (χ3n) is 8.47. The molecule has 2 aromatic carbocycles. The molecule has 2 aromatic heterocycles. The third kappa shape index (κ3) is 6.39. The summed E-state index contributed by atoms with van der Waals surface area (Å²) in [7, 11) is 2.06. The largest absolute Gasteiger partial charge is 0.473 e.